The maximum atomic E-state index is 11.8. The zero-order chi connectivity index (χ0) is 13.5. The normalized spacial score (nSPS) is 14.0. The first-order valence-electron chi connectivity index (χ1n) is 5.85. The van der Waals surface area contributed by atoms with Crippen LogP contribution in [0.1, 0.15) is 24.9 Å². The molecule has 1 aromatic carbocycles. The van der Waals surface area contributed by atoms with E-state index in [0.29, 0.717) is 13.0 Å². The molecule has 0 spiro atoms. The van der Waals surface area contributed by atoms with Crippen molar-refractivity contribution in [3.05, 3.63) is 34.3 Å². The van der Waals surface area contributed by atoms with Crippen molar-refractivity contribution in [1.82, 2.24) is 5.32 Å². The standard InChI is InChI=1S/C13H19BrN2O2/c1-9(10-4-3-5-11(14)8-10)16-13(17)12(15)6-7-18-2/h3-5,8-9,12H,6-7,15H2,1-2H3,(H,16,17)/t9-,12?/m1/s1. The molecule has 0 bridgehead atoms. The van der Waals surface area contributed by atoms with E-state index in [1.54, 1.807) is 7.11 Å². The molecule has 0 aliphatic rings. The third-order valence-electron chi connectivity index (χ3n) is 2.68. The Morgan fingerprint density at radius 2 is 2.28 bits per heavy atom. The number of carbonyl (C=O) groups is 1. The molecule has 0 saturated heterocycles. The molecule has 2 atom stereocenters. The maximum absolute atomic E-state index is 11.8. The molecule has 0 saturated carbocycles. The van der Waals surface area contributed by atoms with E-state index in [9.17, 15) is 4.79 Å². The highest BCUT2D eigenvalue weighted by molar-refractivity contribution is 9.10. The van der Waals surface area contributed by atoms with Crippen molar-refractivity contribution >= 4 is 21.8 Å². The van der Waals surface area contributed by atoms with Crippen LogP contribution in [0.5, 0.6) is 0 Å². The molecule has 1 rings (SSSR count). The summed E-state index contributed by atoms with van der Waals surface area (Å²) >= 11 is 3.41. The van der Waals surface area contributed by atoms with E-state index in [1.165, 1.54) is 0 Å². The molecule has 3 N–H and O–H groups in total. The number of carbonyl (C=O) groups excluding carboxylic acids is 1. The number of amides is 1. The Hall–Kier alpha value is -0.910. The van der Waals surface area contributed by atoms with Gasteiger partial charge in [0.1, 0.15) is 0 Å². The largest absolute Gasteiger partial charge is 0.385 e. The van der Waals surface area contributed by atoms with E-state index < -0.39 is 6.04 Å². The maximum Gasteiger partial charge on any atom is 0.237 e. The van der Waals surface area contributed by atoms with Crippen LogP contribution < -0.4 is 11.1 Å². The summed E-state index contributed by atoms with van der Waals surface area (Å²) in [4.78, 5) is 11.8. The van der Waals surface area contributed by atoms with E-state index in [-0.39, 0.29) is 11.9 Å². The quantitative estimate of drug-likeness (QED) is 0.844. The topological polar surface area (TPSA) is 64.3 Å². The first kappa shape index (κ1) is 15.1. The van der Waals surface area contributed by atoms with Crippen molar-refractivity contribution in [1.29, 1.82) is 0 Å². The summed E-state index contributed by atoms with van der Waals surface area (Å²) in [5.41, 5.74) is 6.80. The highest BCUT2D eigenvalue weighted by Gasteiger charge is 2.16. The van der Waals surface area contributed by atoms with E-state index in [2.05, 4.69) is 21.2 Å². The Labute approximate surface area is 116 Å². The third-order valence-corrected chi connectivity index (χ3v) is 3.17. The molecule has 1 aromatic rings. The van der Waals surface area contributed by atoms with Gasteiger partial charge in [-0.2, -0.15) is 0 Å². The smallest absolute Gasteiger partial charge is 0.237 e. The number of benzene rings is 1. The van der Waals surface area contributed by atoms with Crippen LogP contribution in [0.2, 0.25) is 0 Å². The van der Waals surface area contributed by atoms with Crippen molar-refractivity contribution in [2.24, 2.45) is 5.73 Å². The molecule has 0 heterocycles. The van der Waals surface area contributed by atoms with E-state index in [4.69, 9.17) is 10.5 Å². The van der Waals surface area contributed by atoms with Gasteiger partial charge in [-0.3, -0.25) is 4.79 Å². The van der Waals surface area contributed by atoms with Crippen LogP contribution in [0.25, 0.3) is 0 Å². The van der Waals surface area contributed by atoms with E-state index in [1.807, 2.05) is 31.2 Å². The number of ether oxygens (including phenoxy) is 1. The van der Waals surface area contributed by atoms with E-state index >= 15 is 0 Å². The minimum Gasteiger partial charge on any atom is -0.385 e. The molecule has 4 nitrogen and oxygen atoms in total. The third kappa shape index (κ3) is 4.76. The Morgan fingerprint density at radius 1 is 1.56 bits per heavy atom. The molecule has 5 heteroatoms. The minimum absolute atomic E-state index is 0.0661. The number of halogens is 1. The second-order valence-corrected chi connectivity index (χ2v) is 5.09. The molecule has 1 amide bonds. The van der Waals surface area contributed by atoms with Gasteiger partial charge >= 0.3 is 0 Å². The fourth-order valence-electron chi connectivity index (χ4n) is 1.56. The number of nitrogens with two attached hydrogens (primary N) is 1. The van der Waals surface area contributed by atoms with Crippen LogP contribution in [0.4, 0.5) is 0 Å². The highest BCUT2D eigenvalue weighted by atomic mass is 79.9. The zero-order valence-corrected chi connectivity index (χ0v) is 12.2. The highest BCUT2D eigenvalue weighted by Crippen LogP contribution is 2.17. The van der Waals surface area contributed by atoms with Crippen molar-refractivity contribution in [2.75, 3.05) is 13.7 Å². The number of methoxy groups -OCH3 is 1. The molecule has 0 aromatic heterocycles. The summed E-state index contributed by atoms with van der Waals surface area (Å²) in [6.45, 7) is 2.42. The Morgan fingerprint density at radius 3 is 2.89 bits per heavy atom. The molecule has 18 heavy (non-hydrogen) atoms. The summed E-state index contributed by atoms with van der Waals surface area (Å²) in [7, 11) is 1.59. The van der Waals surface area contributed by atoms with Crippen LogP contribution in [0.3, 0.4) is 0 Å². The average Bonchev–Trinajstić information content (AvgIpc) is 2.35. The van der Waals surface area contributed by atoms with Gasteiger partial charge in [-0.15, -0.1) is 0 Å². The van der Waals surface area contributed by atoms with Crippen LogP contribution >= 0.6 is 15.9 Å². The molecule has 0 aliphatic carbocycles. The lowest BCUT2D eigenvalue weighted by atomic mass is 10.1. The summed E-state index contributed by atoms with van der Waals surface area (Å²) in [6, 6.07) is 7.24. The lowest BCUT2D eigenvalue weighted by molar-refractivity contribution is -0.123. The van der Waals surface area contributed by atoms with Gasteiger partial charge in [-0.25, -0.2) is 0 Å². The number of hydrogen-bond acceptors (Lipinski definition) is 3. The Balaban J connectivity index is 2.54. The predicted octanol–water partition coefficient (Wildman–Crippen LogP) is 1.99. The lowest BCUT2D eigenvalue weighted by Crippen LogP contribution is -2.42. The number of hydrogen-bond donors (Lipinski definition) is 2. The van der Waals surface area contributed by atoms with Crippen LogP contribution in [0, 0.1) is 0 Å². The van der Waals surface area contributed by atoms with Gasteiger partial charge in [-0.1, -0.05) is 28.1 Å². The zero-order valence-electron chi connectivity index (χ0n) is 10.7. The molecular formula is C13H19BrN2O2. The summed E-state index contributed by atoms with van der Waals surface area (Å²) < 4.78 is 5.89. The van der Waals surface area contributed by atoms with Crippen molar-refractivity contribution < 1.29 is 9.53 Å². The van der Waals surface area contributed by atoms with Gasteiger partial charge in [0.2, 0.25) is 5.91 Å². The van der Waals surface area contributed by atoms with Crippen molar-refractivity contribution in [3.8, 4) is 0 Å². The minimum atomic E-state index is -0.528. The van der Waals surface area contributed by atoms with Crippen molar-refractivity contribution in [2.45, 2.75) is 25.4 Å². The molecule has 0 radical (unpaired) electrons. The SMILES string of the molecule is COCCC(N)C(=O)N[C@H](C)c1cccc(Br)c1. The summed E-state index contributed by atoms with van der Waals surface area (Å²) in [6.07, 6.45) is 0.521. The molecular weight excluding hydrogens is 296 g/mol. The van der Waals surface area contributed by atoms with Gasteiger partial charge in [0.05, 0.1) is 12.1 Å². The van der Waals surface area contributed by atoms with Crippen LogP contribution in [-0.2, 0) is 9.53 Å². The molecule has 0 aliphatic heterocycles. The van der Waals surface area contributed by atoms with E-state index in [0.717, 1.165) is 10.0 Å². The second kappa shape index (κ2) is 7.51. The molecule has 0 fully saturated rings. The van der Waals surface area contributed by atoms with Gasteiger partial charge in [-0.05, 0) is 31.0 Å². The lowest BCUT2D eigenvalue weighted by Gasteiger charge is -2.18. The van der Waals surface area contributed by atoms with Gasteiger partial charge in [0.15, 0.2) is 0 Å². The Kier molecular flexibility index (Phi) is 6.32. The van der Waals surface area contributed by atoms with Gasteiger partial charge in [0.25, 0.3) is 0 Å². The van der Waals surface area contributed by atoms with Crippen LogP contribution in [-0.4, -0.2) is 25.7 Å². The summed E-state index contributed by atoms with van der Waals surface area (Å²) in [5.74, 6) is -0.153. The fourth-order valence-corrected chi connectivity index (χ4v) is 1.97. The average molecular weight is 315 g/mol. The Bertz CT molecular complexity index is 398. The molecule has 1 unspecified atom stereocenters. The first-order valence-corrected chi connectivity index (χ1v) is 6.64. The first-order chi connectivity index (χ1) is 8.54. The fraction of sp³-hybridized carbons (Fsp3) is 0.462. The van der Waals surface area contributed by atoms with Gasteiger partial charge < -0.3 is 15.8 Å². The number of nitrogens with one attached hydrogen (secondary N) is 1. The van der Waals surface area contributed by atoms with Crippen molar-refractivity contribution in [3.63, 3.8) is 0 Å². The summed E-state index contributed by atoms with van der Waals surface area (Å²) in [5, 5.41) is 2.89. The molecule has 100 valence electrons. The predicted molar refractivity (Wildman–Crippen MR) is 75.2 cm³/mol. The van der Waals surface area contributed by atoms with Crippen LogP contribution in [0.15, 0.2) is 28.7 Å². The second-order valence-electron chi connectivity index (χ2n) is 4.17. The number of rotatable bonds is 6. The monoisotopic (exact) mass is 314 g/mol. The van der Waals surface area contributed by atoms with Gasteiger partial charge in [0, 0.05) is 18.2 Å².